The van der Waals surface area contributed by atoms with Crippen LogP contribution in [0.25, 0.3) is 10.9 Å². The number of hydrogen-bond donors (Lipinski definition) is 1. The summed E-state index contributed by atoms with van der Waals surface area (Å²) in [5.41, 5.74) is 3.07. The van der Waals surface area contributed by atoms with E-state index in [2.05, 4.69) is 31.3 Å². The van der Waals surface area contributed by atoms with Crippen molar-refractivity contribution in [1.82, 2.24) is 14.6 Å². The third kappa shape index (κ3) is 2.68. The molecule has 0 aliphatic carbocycles. The van der Waals surface area contributed by atoms with Crippen molar-refractivity contribution in [3.8, 4) is 0 Å². The van der Waals surface area contributed by atoms with E-state index in [-0.39, 0.29) is 5.56 Å². The SMILES string of the molecule is O=C(Nn1cnc2ccccc2c1=O)c1cncc(Br)c1. The van der Waals surface area contributed by atoms with E-state index >= 15 is 0 Å². The highest BCUT2D eigenvalue weighted by atomic mass is 79.9. The van der Waals surface area contributed by atoms with E-state index in [0.717, 1.165) is 4.68 Å². The number of carbonyl (C=O) groups is 1. The molecule has 0 bridgehead atoms. The number of amides is 1. The van der Waals surface area contributed by atoms with E-state index in [1.54, 1.807) is 36.5 Å². The first-order valence-corrected chi connectivity index (χ1v) is 6.83. The Balaban J connectivity index is 1.97. The molecule has 1 N–H and O–H groups in total. The largest absolute Gasteiger partial charge is 0.280 e. The molecule has 0 unspecified atom stereocenters. The fourth-order valence-corrected chi connectivity index (χ4v) is 2.22. The van der Waals surface area contributed by atoms with E-state index in [1.165, 1.54) is 12.5 Å². The molecule has 6 nitrogen and oxygen atoms in total. The number of nitrogens with one attached hydrogen (secondary N) is 1. The normalized spacial score (nSPS) is 10.5. The van der Waals surface area contributed by atoms with Gasteiger partial charge in [0, 0.05) is 16.9 Å². The molecule has 7 heteroatoms. The van der Waals surface area contributed by atoms with Crippen molar-refractivity contribution in [3.05, 3.63) is 69.4 Å². The Kier molecular flexibility index (Phi) is 3.49. The molecule has 0 spiro atoms. The number of benzene rings is 1. The predicted molar refractivity (Wildman–Crippen MR) is 81.6 cm³/mol. The lowest BCUT2D eigenvalue weighted by Gasteiger charge is -2.08. The second kappa shape index (κ2) is 5.45. The van der Waals surface area contributed by atoms with Gasteiger partial charge < -0.3 is 0 Å². The molecule has 1 aromatic carbocycles. The van der Waals surface area contributed by atoms with Gasteiger partial charge in [-0.1, -0.05) is 12.1 Å². The van der Waals surface area contributed by atoms with Gasteiger partial charge in [-0.3, -0.25) is 20.0 Å². The van der Waals surface area contributed by atoms with Gasteiger partial charge in [0.2, 0.25) is 0 Å². The topological polar surface area (TPSA) is 76.9 Å². The Morgan fingerprint density at radius 1 is 1.24 bits per heavy atom. The number of hydrogen-bond acceptors (Lipinski definition) is 4. The fourth-order valence-electron chi connectivity index (χ4n) is 1.86. The summed E-state index contributed by atoms with van der Waals surface area (Å²) in [6.45, 7) is 0. The molecule has 104 valence electrons. The second-order valence-corrected chi connectivity index (χ2v) is 5.19. The van der Waals surface area contributed by atoms with Crippen LogP contribution in [-0.4, -0.2) is 20.6 Å². The van der Waals surface area contributed by atoms with Gasteiger partial charge in [0.05, 0.1) is 16.5 Å². The van der Waals surface area contributed by atoms with Gasteiger partial charge >= 0.3 is 0 Å². The third-order valence-electron chi connectivity index (χ3n) is 2.85. The summed E-state index contributed by atoms with van der Waals surface area (Å²) in [7, 11) is 0. The minimum atomic E-state index is -0.442. The average molecular weight is 345 g/mol. The number of nitrogens with zero attached hydrogens (tertiary/aromatic N) is 3. The maximum atomic E-state index is 12.2. The summed E-state index contributed by atoms with van der Waals surface area (Å²) in [4.78, 5) is 32.4. The Morgan fingerprint density at radius 3 is 2.86 bits per heavy atom. The molecule has 0 fully saturated rings. The number of carbonyl (C=O) groups excluding carboxylic acids is 1. The minimum absolute atomic E-state index is 0.336. The maximum absolute atomic E-state index is 12.2. The molecule has 3 rings (SSSR count). The van der Waals surface area contributed by atoms with Crippen molar-refractivity contribution in [2.45, 2.75) is 0 Å². The lowest BCUT2D eigenvalue weighted by molar-refractivity contribution is 0.101. The van der Waals surface area contributed by atoms with Crippen molar-refractivity contribution in [2.24, 2.45) is 0 Å². The fraction of sp³-hybridized carbons (Fsp3) is 0. The van der Waals surface area contributed by atoms with E-state index in [0.29, 0.717) is 20.9 Å². The Morgan fingerprint density at radius 2 is 2.05 bits per heavy atom. The molecule has 0 saturated heterocycles. The zero-order valence-corrected chi connectivity index (χ0v) is 12.2. The van der Waals surface area contributed by atoms with Crippen LogP contribution in [0.1, 0.15) is 10.4 Å². The molecule has 2 aromatic heterocycles. The predicted octanol–water partition coefficient (Wildman–Crippen LogP) is 1.94. The summed E-state index contributed by atoms with van der Waals surface area (Å²) in [6, 6.07) is 8.55. The highest BCUT2D eigenvalue weighted by Gasteiger charge is 2.09. The lowest BCUT2D eigenvalue weighted by atomic mass is 10.2. The van der Waals surface area contributed by atoms with Gasteiger partial charge in [0.25, 0.3) is 11.5 Å². The number of aromatic nitrogens is 3. The molecule has 0 aliphatic heterocycles. The van der Waals surface area contributed by atoms with E-state index < -0.39 is 5.91 Å². The molecular formula is C14H9BrN4O2. The minimum Gasteiger partial charge on any atom is -0.267 e. The van der Waals surface area contributed by atoms with Crippen LogP contribution in [0.4, 0.5) is 0 Å². The molecular weight excluding hydrogens is 336 g/mol. The Bertz CT molecular complexity index is 891. The summed E-state index contributed by atoms with van der Waals surface area (Å²) in [5.74, 6) is -0.442. The molecule has 1 amide bonds. The molecule has 0 radical (unpaired) electrons. The number of halogens is 1. The van der Waals surface area contributed by atoms with Crippen LogP contribution in [0.5, 0.6) is 0 Å². The van der Waals surface area contributed by atoms with Crippen LogP contribution >= 0.6 is 15.9 Å². The second-order valence-electron chi connectivity index (χ2n) is 4.27. The van der Waals surface area contributed by atoms with Crippen molar-refractivity contribution >= 4 is 32.7 Å². The number of para-hydroxylation sites is 1. The van der Waals surface area contributed by atoms with Gasteiger partial charge in [-0.25, -0.2) is 9.66 Å². The highest BCUT2D eigenvalue weighted by molar-refractivity contribution is 9.10. The Hall–Kier alpha value is -2.54. The van der Waals surface area contributed by atoms with Crippen LogP contribution in [0.2, 0.25) is 0 Å². The zero-order chi connectivity index (χ0) is 14.8. The summed E-state index contributed by atoms with van der Waals surface area (Å²) < 4.78 is 1.74. The molecule has 0 saturated carbocycles. The quantitative estimate of drug-likeness (QED) is 0.770. The van der Waals surface area contributed by atoms with Gasteiger partial charge in [-0.15, -0.1) is 0 Å². The average Bonchev–Trinajstić information content (AvgIpc) is 2.50. The molecule has 2 heterocycles. The lowest BCUT2D eigenvalue weighted by Crippen LogP contribution is -2.33. The summed E-state index contributed by atoms with van der Waals surface area (Å²) in [6.07, 6.45) is 4.27. The number of fused-ring (bicyclic) bond motifs is 1. The van der Waals surface area contributed by atoms with Gasteiger partial charge in [0.1, 0.15) is 6.33 Å². The van der Waals surface area contributed by atoms with E-state index in [9.17, 15) is 9.59 Å². The van der Waals surface area contributed by atoms with Crippen LogP contribution < -0.4 is 11.0 Å². The van der Waals surface area contributed by atoms with Crippen LogP contribution in [-0.2, 0) is 0 Å². The van der Waals surface area contributed by atoms with E-state index in [1.807, 2.05) is 0 Å². The van der Waals surface area contributed by atoms with Gasteiger partial charge in [-0.05, 0) is 34.1 Å². The van der Waals surface area contributed by atoms with Crippen molar-refractivity contribution < 1.29 is 4.79 Å². The van der Waals surface area contributed by atoms with Gasteiger partial charge in [-0.2, -0.15) is 0 Å². The van der Waals surface area contributed by atoms with Crippen molar-refractivity contribution in [2.75, 3.05) is 5.43 Å². The third-order valence-corrected chi connectivity index (χ3v) is 3.29. The Labute approximate surface area is 127 Å². The summed E-state index contributed by atoms with van der Waals surface area (Å²) in [5, 5.41) is 0.438. The smallest absolute Gasteiger partial charge is 0.267 e. The first-order chi connectivity index (χ1) is 10.1. The van der Waals surface area contributed by atoms with Crippen LogP contribution in [0, 0.1) is 0 Å². The van der Waals surface area contributed by atoms with Crippen molar-refractivity contribution in [3.63, 3.8) is 0 Å². The van der Waals surface area contributed by atoms with E-state index in [4.69, 9.17) is 0 Å². The number of rotatable bonds is 2. The molecule has 0 aliphatic rings. The zero-order valence-electron chi connectivity index (χ0n) is 10.7. The van der Waals surface area contributed by atoms with Crippen LogP contribution in [0.3, 0.4) is 0 Å². The standard InChI is InChI=1S/C14H9BrN4O2/c15-10-5-9(6-16-7-10)13(20)18-19-8-17-12-4-2-1-3-11(12)14(19)21/h1-8H,(H,18,20). The maximum Gasteiger partial charge on any atom is 0.280 e. The first kappa shape index (κ1) is 13.4. The number of pyridine rings is 1. The summed E-state index contributed by atoms with van der Waals surface area (Å²) >= 11 is 3.24. The monoisotopic (exact) mass is 344 g/mol. The highest BCUT2D eigenvalue weighted by Crippen LogP contribution is 2.09. The van der Waals surface area contributed by atoms with Crippen molar-refractivity contribution in [1.29, 1.82) is 0 Å². The molecule has 21 heavy (non-hydrogen) atoms. The molecule has 0 atom stereocenters. The first-order valence-electron chi connectivity index (χ1n) is 6.03. The molecule has 3 aromatic rings. The van der Waals surface area contributed by atoms with Crippen LogP contribution in [0.15, 0.2) is 58.3 Å². The van der Waals surface area contributed by atoms with Gasteiger partial charge in [0.15, 0.2) is 0 Å².